The second-order valence-corrected chi connectivity index (χ2v) is 4.42. The van der Waals surface area contributed by atoms with Gasteiger partial charge in [0.15, 0.2) is 0 Å². The third-order valence-corrected chi connectivity index (χ3v) is 2.96. The highest BCUT2D eigenvalue weighted by Gasteiger charge is 2.21. The van der Waals surface area contributed by atoms with Crippen molar-refractivity contribution >= 4 is 6.01 Å². The van der Waals surface area contributed by atoms with Crippen molar-refractivity contribution in [3.05, 3.63) is 5.89 Å². The molecule has 0 amide bonds. The molecule has 0 saturated heterocycles. The van der Waals surface area contributed by atoms with Crippen LogP contribution >= 0.6 is 0 Å². The average molecular weight is 272 g/mol. The van der Waals surface area contributed by atoms with Gasteiger partial charge in [-0.15, -0.1) is 5.10 Å². The molecule has 0 bridgehead atoms. The third kappa shape index (κ3) is 4.45. The number of rotatable bonds is 9. The van der Waals surface area contributed by atoms with Gasteiger partial charge in [-0.25, -0.2) is 0 Å². The summed E-state index contributed by atoms with van der Waals surface area (Å²) in [6, 6.07) is 0.667. The average Bonchev–Trinajstić information content (AvgIpc) is 2.88. The lowest BCUT2D eigenvalue weighted by Crippen LogP contribution is -2.38. The number of nitrogens with zero attached hydrogens (tertiary/aromatic N) is 3. The van der Waals surface area contributed by atoms with Crippen molar-refractivity contribution in [3.63, 3.8) is 0 Å². The maximum atomic E-state index is 5.69. The lowest BCUT2D eigenvalue weighted by molar-refractivity contribution is 0.168. The van der Waals surface area contributed by atoms with Crippen molar-refractivity contribution in [2.45, 2.75) is 25.9 Å². The number of ether oxygens (including phenoxy) is 2. The van der Waals surface area contributed by atoms with E-state index < -0.39 is 0 Å². The molecule has 0 saturated carbocycles. The fourth-order valence-corrected chi connectivity index (χ4v) is 1.67. The van der Waals surface area contributed by atoms with E-state index in [1.165, 1.54) is 0 Å². The van der Waals surface area contributed by atoms with Crippen molar-refractivity contribution in [1.29, 1.82) is 0 Å². The van der Waals surface area contributed by atoms with Gasteiger partial charge >= 0.3 is 6.01 Å². The number of hydrogen-bond acceptors (Lipinski definition) is 7. The zero-order valence-corrected chi connectivity index (χ0v) is 12.3. The number of anilines is 1. The van der Waals surface area contributed by atoms with Gasteiger partial charge in [0.05, 0.1) is 25.3 Å². The topological polar surface area (TPSA) is 72.7 Å². The van der Waals surface area contributed by atoms with E-state index >= 15 is 0 Å². The Morgan fingerprint density at radius 3 is 2.58 bits per heavy atom. The van der Waals surface area contributed by atoms with Crippen molar-refractivity contribution in [2.24, 2.45) is 0 Å². The van der Waals surface area contributed by atoms with Crippen LogP contribution in [0.3, 0.4) is 0 Å². The molecule has 0 aliphatic rings. The Hall–Kier alpha value is -1.18. The summed E-state index contributed by atoms with van der Waals surface area (Å²) in [4.78, 5) is 1.99. The van der Waals surface area contributed by atoms with E-state index in [1.54, 1.807) is 14.2 Å². The molecular formula is C12H24N4O3. The number of aromatic nitrogens is 2. The van der Waals surface area contributed by atoms with E-state index in [1.807, 2.05) is 25.8 Å². The minimum atomic E-state index is 0.0308. The molecule has 1 rings (SSSR count). The molecule has 1 aromatic heterocycles. The van der Waals surface area contributed by atoms with Gasteiger partial charge in [0.1, 0.15) is 0 Å². The first-order valence-corrected chi connectivity index (χ1v) is 6.39. The summed E-state index contributed by atoms with van der Waals surface area (Å²) in [7, 11) is 5.19. The van der Waals surface area contributed by atoms with Crippen LogP contribution in [0.1, 0.15) is 25.8 Å². The van der Waals surface area contributed by atoms with Crippen LogP contribution < -0.4 is 10.2 Å². The molecule has 1 heterocycles. The van der Waals surface area contributed by atoms with Gasteiger partial charge in [-0.05, 0) is 20.9 Å². The van der Waals surface area contributed by atoms with Crippen molar-refractivity contribution in [3.8, 4) is 0 Å². The molecule has 19 heavy (non-hydrogen) atoms. The normalized spacial score (nSPS) is 14.4. The van der Waals surface area contributed by atoms with Crippen LogP contribution in [0.2, 0.25) is 0 Å². The second kappa shape index (κ2) is 8.08. The van der Waals surface area contributed by atoms with Crippen LogP contribution in [0.5, 0.6) is 0 Å². The predicted octanol–water partition coefficient (Wildman–Crippen LogP) is 0.838. The second-order valence-electron chi connectivity index (χ2n) is 4.42. The zero-order chi connectivity index (χ0) is 14.3. The van der Waals surface area contributed by atoms with Crippen molar-refractivity contribution < 1.29 is 13.9 Å². The van der Waals surface area contributed by atoms with E-state index in [0.29, 0.717) is 31.7 Å². The highest BCUT2D eigenvalue weighted by Crippen LogP contribution is 2.19. The quantitative estimate of drug-likeness (QED) is 0.714. The highest BCUT2D eigenvalue weighted by atomic mass is 16.5. The molecule has 2 unspecified atom stereocenters. The van der Waals surface area contributed by atoms with Gasteiger partial charge in [0.2, 0.25) is 5.89 Å². The molecule has 110 valence electrons. The molecule has 1 N–H and O–H groups in total. The monoisotopic (exact) mass is 272 g/mol. The summed E-state index contributed by atoms with van der Waals surface area (Å²) in [5, 5.41) is 11.2. The van der Waals surface area contributed by atoms with Crippen LogP contribution in [0, 0.1) is 0 Å². The first-order valence-electron chi connectivity index (χ1n) is 6.39. The van der Waals surface area contributed by atoms with Gasteiger partial charge in [-0.1, -0.05) is 5.10 Å². The molecule has 0 aliphatic carbocycles. The van der Waals surface area contributed by atoms with Gasteiger partial charge in [0.25, 0.3) is 0 Å². The first-order chi connectivity index (χ1) is 9.13. The Morgan fingerprint density at radius 2 is 2.00 bits per heavy atom. The van der Waals surface area contributed by atoms with E-state index in [-0.39, 0.29) is 12.1 Å². The summed E-state index contributed by atoms with van der Waals surface area (Å²) in [6.07, 6.45) is 0. The molecule has 7 nitrogen and oxygen atoms in total. The van der Waals surface area contributed by atoms with Crippen LogP contribution in [-0.2, 0) is 9.47 Å². The summed E-state index contributed by atoms with van der Waals surface area (Å²) in [5.41, 5.74) is 0. The summed E-state index contributed by atoms with van der Waals surface area (Å²) in [6.45, 7) is 5.87. The maximum Gasteiger partial charge on any atom is 0.318 e. The molecule has 0 aromatic carbocycles. The van der Waals surface area contributed by atoms with E-state index in [0.717, 1.165) is 0 Å². The van der Waals surface area contributed by atoms with Gasteiger partial charge in [-0.3, -0.25) is 0 Å². The lowest BCUT2D eigenvalue weighted by atomic mass is 10.3. The van der Waals surface area contributed by atoms with Gasteiger partial charge < -0.3 is 24.1 Å². The van der Waals surface area contributed by atoms with E-state index in [4.69, 9.17) is 13.9 Å². The Kier molecular flexibility index (Phi) is 6.75. The Balaban J connectivity index is 2.81. The Labute approximate surface area is 114 Å². The number of methoxy groups -OCH3 is 2. The fraction of sp³-hybridized carbons (Fsp3) is 0.833. The summed E-state index contributed by atoms with van der Waals surface area (Å²) < 4.78 is 16.0. The highest BCUT2D eigenvalue weighted by molar-refractivity contribution is 5.26. The molecule has 0 aliphatic heterocycles. The van der Waals surface area contributed by atoms with Crippen LogP contribution in [0.25, 0.3) is 0 Å². The molecular weight excluding hydrogens is 248 g/mol. The molecule has 0 radical (unpaired) electrons. The standard InChI is InChI=1S/C12H24N4O3/c1-9(8-18-5)16(6-7-17-4)12-15-14-11(19-12)10(2)13-3/h9-10,13H,6-8H2,1-5H3. The molecule has 2 atom stereocenters. The largest absolute Gasteiger partial charge is 0.406 e. The molecule has 0 spiro atoms. The van der Waals surface area contributed by atoms with E-state index in [2.05, 4.69) is 15.5 Å². The lowest BCUT2D eigenvalue weighted by Gasteiger charge is -2.26. The molecule has 7 heteroatoms. The molecule has 0 fully saturated rings. The molecule has 1 aromatic rings. The number of nitrogens with one attached hydrogen (secondary N) is 1. The predicted molar refractivity (Wildman–Crippen MR) is 72.3 cm³/mol. The van der Waals surface area contributed by atoms with Gasteiger partial charge in [0, 0.05) is 20.8 Å². The van der Waals surface area contributed by atoms with Crippen molar-refractivity contribution in [1.82, 2.24) is 15.5 Å². The minimum absolute atomic E-state index is 0.0308. The fourth-order valence-electron chi connectivity index (χ4n) is 1.67. The van der Waals surface area contributed by atoms with Crippen LogP contribution in [0.4, 0.5) is 6.01 Å². The van der Waals surface area contributed by atoms with Crippen LogP contribution in [0.15, 0.2) is 4.42 Å². The minimum Gasteiger partial charge on any atom is -0.406 e. The Morgan fingerprint density at radius 1 is 1.26 bits per heavy atom. The summed E-state index contributed by atoms with van der Waals surface area (Å²) in [5.74, 6) is 0.574. The van der Waals surface area contributed by atoms with Crippen LogP contribution in [-0.4, -0.2) is 57.3 Å². The maximum absolute atomic E-state index is 5.69. The Bertz CT molecular complexity index is 358. The van der Waals surface area contributed by atoms with E-state index in [9.17, 15) is 0 Å². The first kappa shape index (κ1) is 15.9. The van der Waals surface area contributed by atoms with Gasteiger partial charge in [-0.2, -0.15) is 0 Å². The SMILES string of the molecule is CNC(C)c1nnc(N(CCOC)C(C)COC)o1. The number of hydrogen-bond donors (Lipinski definition) is 1. The summed E-state index contributed by atoms with van der Waals surface area (Å²) >= 11 is 0. The third-order valence-electron chi connectivity index (χ3n) is 2.96. The smallest absolute Gasteiger partial charge is 0.318 e. The van der Waals surface area contributed by atoms with Crippen molar-refractivity contribution in [2.75, 3.05) is 45.9 Å². The zero-order valence-electron chi connectivity index (χ0n) is 12.3.